The lowest BCUT2D eigenvalue weighted by atomic mass is 9.98. The number of esters is 4. The molecule has 1 aliphatic heterocycles. The standard InChI is InChI=1S/C29H29NO12/c1-14-24(21-8-6-7-11-30-21)25(35)20-10-9-19(12-22(20)37-14)41-29-28(40-18(5)34)27(39-17(4)33)26(38-16(3)32)23(42-29)13-36-15(2)31/h6-12,23,26-29H,13H2,1-5H3/t23-,26-,27+,28+,29-/m1/s1. The van der Waals surface area contributed by atoms with Crippen LogP contribution in [0.3, 0.4) is 0 Å². The van der Waals surface area contributed by atoms with Crippen molar-refractivity contribution < 1.29 is 52.0 Å². The summed E-state index contributed by atoms with van der Waals surface area (Å²) in [7, 11) is 0. The monoisotopic (exact) mass is 583 g/mol. The fourth-order valence-electron chi connectivity index (χ4n) is 4.58. The van der Waals surface area contributed by atoms with Gasteiger partial charge >= 0.3 is 23.9 Å². The van der Waals surface area contributed by atoms with Crippen molar-refractivity contribution in [1.29, 1.82) is 0 Å². The molecule has 0 N–H and O–H groups in total. The zero-order valence-corrected chi connectivity index (χ0v) is 23.5. The Morgan fingerprint density at radius 3 is 2.14 bits per heavy atom. The van der Waals surface area contributed by atoms with Crippen LogP contribution in [0.5, 0.6) is 5.75 Å². The zero-order chi connectivity index (χ0) is 30.6. The molecule has 0 radical (unpaired) electrons. The first-order valence-electron chi connectivity index (χ1n) is 12.9. The van der Waals surface area contributed by atoms with Gasteiger partial charge in [-0.1, -0.05) is 6.07 Å². The van der Waals surface area contributed by atoms with Crippen molar-refractivity contribution >= 4 is 34.8 Å². The van der Waals surface area contributed by atoms with Gasteiger partial charge in [0.2, 0.25) is 17.8 Å². The molecule has 3 heterocycles. The SMILES string of the molecule is CC(=O)OC[C@H]1O[C@@H](Oc2ccc3c(=O)c(-c4ccccn4)c(C)oc3c2)[C@@H](OC(C)=O)[C@@H](OC(C)=O)[C@@H]1OC(C)=O. The fourth-order valence-corrected chi connectivity index (χ4v) is 4.58. The van der Waals surface area contributed by atoms with Gasteiger partial charge in [0.25, 0.3) is 0 Å². The van der Waals surface area contributed by atoms with Gasteiger partial charge in [-0.15, -0.1) is 0 Å². The molecule has 1 aromatic carbocycles. The third-order valence-corrected chi connectivity index (χ3v) is 6.16. The summed E-state index contributed by atoms with van der Waals surface area (Å²) in [6, 6.07) is 9.61. The number of pyridine rings is 1. The Balaban J connectivity index is 1.73. The third-order valence-electron chi connectivity index (χ3n) is 6.16. The van der Waals surface area contributed by atoms with Crippen LogP contribution in [0.25, 0.3) is 22.2 Å². The molecule has 222 valence electrons. The molecule has 3 aromatic rings. The summed E-state index contributed by atoms with van der Waals surface area (Å²) in [5.41, 5.74) is 0.673. The summed E-state index contributed by atoms with van der Waals surface area (Å²) in [4.78, 5) is 65.1. The molecule has 13 nitrogen and oxygen atoms in total. The van der Waals surface area contributed by atoms with Gasteiger partial charge in [-0.05, 0) is 31.2 Å². The first-order valence-corrected chi connectivity index (χ1v) is 12.9. The van der Waals surface area contributed by atoms with Crippen molar-refractivity contribution in [3.05, 3.63) is 58.6 Å². The maximum absolute atomic E-state index is 13.3. The lowest BCUT2D eigenvalue weighted by Crippen LogP contribution is -2.63. The van der Waals surface area contributed by atoms with E-state index in [9.17, 15) is 24.0 Å². The molecule has 2 aromatic heterocycles. The molecule has 0 spiro atoms. The number of rotatable bonds is 8. The van der Waals surface area contributed by atoms with E-state index in [1.165, 1.54) is 25.1 Å². The number of ether oxygens (including phenoxy) is 6. The highest BCUT2D eigenvalue weighted by Gasteiger charge is 2.53. The highest BCUT2D eigenvalue weighted by Crippen LogP contribution is 2.32. The van der Waals surface area contributed by atoms with Crippen LogP contribution >= 0.6 is 0 Å². The second-order valence-corrected chi connectivity index (χ2v) is 9.42. The average Bonchev–Trinajstić information content (AvgIpc) is 2.90. The Labute approximate surface area is 239 Å². The Morgan fingerprint density at radius 1 is 0.857 bits per heavy atom. The number of hydrogen-bond donors (Lipinski definition) is 0. The Morgan fingerprint density at radius 2 is 1.52 bits per heavy atom. The largest absolute Gasteiger partial charge is 0.463 e. The van der Waals surface area contributed by atoms with E-state index >= 15 is 0 Å². The predicted octanol–water partition coefficient (Wildman–Crippen LogP) is 2.63. The van der Waals surface area contributed by atoms with Crippen LogP contribution in [0, 0.1) is 6.92 Å². The molecule has 5 atom stereocenters. The lowest BCUT2D eigenvalue weighted by Gasteiger charge is -2.43. The van der Waals surface area contributed by atoms with Gasteiger partial charge in [0, 0.05) is 40.0 Å². The van der Waals surface area contributed by atoms with Crippen molar-refractivity contribution in [3.63, 3.8) is 0 Å². The summed E-state index contributed by atoms with van der Waals surface area (Å²) in [5.74, 6) is -2.47. The van der Waals surface area contributed by atoms with Gasteiger partial charge in [-0.2, -0.15) is 0 Å². The van der Waals surface area contributed by atoms with Crippen molar-refractivity contribution in [2.24, 2.45) is 0 Å². The van der Waals surface area contributed by atoms with Crippen LogP contribution in [0.2, 0.25) is 0 Å². The lowest BCUT2D eigenvalue weighted by molar-refractivity contribution is -0.288. The third kappa shape index (κ3) is 6.92. The van der Waals surface area contributed by atoms with E-state index in [0.29, 0.717) is 17.0 Å². The molecule has 13 heteroatoms. The summed E-state index contributed by atoms with van der Waals surface area (Å²) in [6.07, 6.45) is -5.18. The van der Waals surface area contributed by atoms with Gasteiger partial charge in [-0.25, -0.2) is 0 Å². The number of nitrogens with zero attached hydrogens (tertiary/aromatic N) is 1. The fraction of sp³-hybridized carbons (Fsp3) is 0.379. The van der Waals surface area contributed by atoms with E-state index in [-0.39, 0.29) is 22.1 Å². The molecule has 1 saturated heterocycles. The van der Waals surface area contributed by atoms with E-state index in [0.717, 1.165) is 20.8 Å². The second-order valence-electron chi connectivity index (χ2n) is 9.42. The van der Waals surface area contributed by atoms with Gasteiger partial charge in [0.05, 0.1) is 16.6 Å². The number of aromatic nitrogens is 1. The Kier molecular flexibility index (Phi) is 9.21. The maximum atomic E-state index is 13.3. The minimum absolute atomic E-state index is 0.136. The number of fused-ring (bicyclic) bond motifs is 1. The predicted molar refractivity (Wildman–Crippen MR) is 143 cm³/mol. The first-order chi connectivity index (χ1) is 19.9. The molecule has 0 amide bonds. The maximum Gasteiger partial charge on any atom is 0.303 e. The molecule has 0 unspecified atom stereocenters. The van der Waals surface area contributed by atoms with Crippen LogP contribution in [0.1, 0.15) is 33.5 Å². The summed E-state index contributed by atoms with van der Waals surface area (Å²) in [5, 5.41) is 0.259. The van der Waals surface area contributed by atoms with Crippen molar-refractivity contribution in [2.75, 3.05) is 6.61 Å². The van der Waals surface area contributed by atoms with Gasteiger partial charge in [0.15, 0.2) is 12.2 Å². The molecule has 1 aliphatic rings. The number of aryl methyl sites for hydroxylation is 1. The highest BCUT2D eigenvalue weighted by atomic mass is 16.7. The highest BCUT2D eigenvalue weighted by molar-refractivity contribution is 5.83. The molecule has 0 bridgehead atoms. The molecule has 42 heavy (non-hydrogen) atoms. The Bertz CT molecular complexity index is 1550. The summed E-state index contributed by atoms with van der Waals surface area (Å²) in [6.45, 7) is 5.78. The summed E-state index contributed by atoms with van der Waals surface area (Å²) >= 11 is 0. The minimum Gasteiger partial charge on any atom is -0.463 e. The molecule has 0 aliphatic carbocycles. The number of hydrogen-bond acceptors (Lipinski definition) is 13. The molecular formula is C29H29NO12. The van der Waals surface area contributed by atoms with Crippen molar-refractivity contribution in [1.82, 2.24) is 4.98 Å². The van der Waals surface area contributed by atoms with Crippen LogP contribution in [0.15, 0.2) is 51.8 Å². The first kappa shape index (κ1) is 30.2. The van der Waals surface area contributed by atoms with Gasteiger partial charge in [-0.3, -0.25) is 29.0 Å². The quantitative estimate of drug-likeness (QED) is 0.281. The van der Waals surface area contributed by atoms with Crippen molar-refractivity contribution in [3.8, 4) is 17.0 Å². The van der Waals surface area contributed by atoms with Gasteiger partial charge < -0.3 is 32.8 Å². The second kappa shape index (κ2) is 12.8. The van der Waals surface area contributed by atoms with Gasteiger partial charge in [0.1, 0.15) is 29.8 Å². The van der Waals surface area contributed by atoms with E-state index in [4.69, 9.17) is 32.8 Å². The Hall–Kier alpha value is -4.78. The number of benzene rings is 1. The van der Waals surface area contributed by atoms with E-state index in [1.54, 1.807) is 31.3 Å². The van der Waals surface area contributed by atoms with Crippen LogP contribution in [-0.4, -0.2) is 66.2 Å². The number of carbonyl (C=O) groups excluding carboxylic acids is 4. The smallest absolute Gasteiger partial charge is 0.303 e. The van der Waals surface area contributed by atoms with E-state index < -0.39 is 61.2 Å². The molecule has 4 rings (SSSR count). The van der Waals surface area contributed by atoms with Crippen LogP contribution < -0.4 is 10.2 Å². The topological polar surface area (TPSA) is 167 Å². The summed E-state index contributed by atoms with van der Waals surface area (Å²) < 4.78 is 39.2. The zero-order valence-electron chi connectivity index (χ0n) is 23.5. The minimum atomic E-state index is -1.44. The molecule has 0 saturated carbocycles. The normalized spacial score (nSPS) is 21.7. The van der Waals surface area contributed by atoms with Crippen LogP contribution in [-0.2, 0) is 42.9 Å². The molecular weight excluding hydrogens is 554 g/mol. The average molecular weight is 584 g/mol. The molecule has 1 fully saturated rings. The van der Waals surface area contributed by atoms with E-state index in [1.807, 2.05) is 0 Å². The van der Waals surface area contributed by atoms with Crippen LogP contribution in [0.4, 0.5) is 0 Å². The number of carbonyl (C=O) groups is 4. The van der Waals surface area contributed by atoms with Crippen molar-refractivity contribution in [2.45, 2.75) is 65.3 Å². The van der Waals surface area contributed by atoms with E-state index in [2.05, 4.69) is 4.98 Å².